The van der Waals surface area contributed by atoms with Gasteiger partial charge < -0.3 is 10.6 Å². The van der Waals surface area contributed by atoms with E-state index in [4.69, 9.17) is 0 Å². The number of hydrogen-bond acceptors (Lipinski definition) is 2. The van der Waals surface area contributed by atoms with Gasteiger partial charge in [-0.1, -0.05) is 40.7 Å². The SMILES string of the molecule is CCCNc1cc(C)ccc1C(=O)NC1C(C)(C)C1(C)C. The zero-order chi connectivity index (χ0) is 15.8. The molecule has 0 unspecified atom stereocenters. The van der Waals surface area contributed by atoms with Crippen molar-refractivity contribution in [2.45, 2.75) is 54.0 Å². The highest BCUT2D eigenvalue weighted by Gasteiger charge is 2.65. The van der Waals surface area contributed by atoms with Gasteiger partial charge in [0.15, 0.2) is 0 Å². The Labute approximate surface area is 128 Å². The number of carbonyl (C=O) groups is 1. The van der Waals surface area contributed by atoms with Crippen molar-refractivity contribution in [1.82, 2.24) is 5.32 Å². The normalized spacial score (nSPS) is 19.1. The van der Waals surface area contributed by atoms with Gasteiger partial charge in [0, 0.05) is 18.3 Å². The number of carbonyl (C=O) groups excluding carboxylic acids is 1. The quantitative estimate of drug-likeness (QED) is 0.860. The molecule has 0 radical (unpaired) electrons. The summed E-state index contributed by atoms with van der Waals surface area (Å²) in [5, 5.41) is 6.57. The first kappa shape index (κ1) is 15.9. The topological polar surface area (TPSA) is 41.1 Å². The third kappa shape index (κ3) is 2.78. The number of hydrogen-bond donors (Lipinski definition) is 2. The third-order valence-corrected chi connectivity index (χ3v) is 5.28. The van der Waals surface area contributed by atoms with Crippen molar-refractivity contribution in [3.05, 3.63) is 29.3 Å². The van der Waals surface area contributed by atoms with E-state index in [1.807, 2.05) is 25.1 Å². The fraction of sp³-hybridized carbons (Fsp3) is 0.611. The highest BCUT2D eigenvalue weighted by atomic mass is 16.1. The van der Waals surface area contributed by atoms with Crippen LogP contribution in [0.1, 0.15) is 57.0 Å². The number of rotatable bonds is 5. The second-order valence-corrected chi connectivity index (χ2v) is 7.33. The molecule has 0 bridgehead atoms. The van der Waals surface area contributed by atoms with Crippen molar-refractivity contribution in [2.24, 2.45) is 10.8 Å². The molecule has 1 aromatic rings. The summed E-state index contributed by atoms with van der Waals surface area (Å²) in [5.74, 6) is 0.0252. The van der Waals surface area contributed by atoms with Gasteiger partial charge in [-0.05, 0) is 41.9 Å². The second-order valence-electron chi connectivity index (χ2n) is 7.33. The summed E-state index contributed by atoms with van der Waals surface area (Å²) >= 11 is 0. The molecule has 21 heavy (non-hydrogen) atoms. The Morgan fingerprint density at radius 3 is 2.33 bits per heavy atom. The molecule has 0 atom stereocenters. The van der Waals surface area contributed by atoms with Crippen LogP contribution in [-0.4, -0.2) is 18.5 Å². The minimum atomic E-state index is 0.0252. The van der Waals surface area contributed by atoms with Gasteiger partial charge >= 0.3 is 0 Å². The Balaban J connectivity index is 2.16. The molecule has 1 aromatic carbocycles. The molecule has 1 saturated carbocycles. The first-order valence-electron chi connectivity index (χ1n) is 7.87. The van der Waals surface area contributed by atoms with E-state index in [1.165, 1.54) is 0 Å². The molecule has 1 amide bonds. The fourth-order valence-corrected chi connectivity index (χ4v) is 3.03. The zero-order valence-corrected chi connectivity index (χ0v) is 14.1. The van der Waals surface area contributed by atoms with E-state index in [0.29, 0.717) is 0 Å². The molecule has 1 aliphatic rings. The summed E-state index contributed by atoms with van der Waals surface area (Å²) in [5.41, 5.74) is 3.16. The van der Waals surface area contributed by atoms with Crippen LogP contribution < -0.4 is 10.6 Å². The van der Waals surface area contributed by atoms with Crippen LogP contribution in [-0.2, 0) is 0 Å². The van der Waals surface area contributed by atoms with Gasteiger partial charge in [0.25, 0.3) is 5.91 Å². The first-order valence-corrected chi connectivity index (χ1v) is 7.87. The maximum absolute atomic E-state index is 12.6. The maximum atomic E-state index is 12.6. The molecule has 0 aromatic heterocycles. The third-order valence-electron chi connectivity index (χ3n) is 5.28. The molecule has 3 nitrogen and oxygen atoms in total. The molecule has 0 saturated heterocycles. The van der Waals surface area contributed by atoms with E-state index in [-0.39, 0.29) is 22.8 Å². The van der Waals surface area contributed by atoms with Crippen LogP contribution >= 0.6 is 0 Å². The minimum Gasteiger partial charge on any atom is -0.384 e. The van der Waals surface area contributed by atoms with Crippen molar-refractivity contribution in [3.63, 3.8) is 0 Å². The Morgan fingerprint density at radius 1 is 1.19 bits per heavy atom. The van der Waals surface area contributed by atoms with Crippen molar-refractivity contribution in [1.29, 1.82) is 0 Å². The van der Waals surface area contributed by atoms with Gasteiger partial charge in [-0.2, -0.15) is 0 Å². The van der Waals surface area contributed by atoms with Gasteiger partial charge in [0.05, 0.1) is 5.56 Å². The predicted octanol–water partition coefficient (Wildman–Crippen LogP) is 3.98. The number of anilines is 1. The van der Waals surface area contributed by atoms with Gasteiger partial charge in [-0.3, -0.25) is 4.79 Å². The van der Waals surface area contributed by atoms with E-state index in [0.717, 1.165) is 29.8 Å². The lowest BCUT2D eigenvalue weighted by atomic mass is 10.0. The molecule has 3 heteroatoms. The van der Waals surface area contributed by atoms with Crippen LogP contribution in [0.2, 0.25) is 0 Å². The molecule has 1 fully saturated rings. The average molecular weight is 288 g/mol. The number of amides is 1. The molecule has 2 rings (SSSR count). The fourth-order valence-electron chi connectivity index (χ4n) is 3.03. The number of benzene rings is 1. The largest absolute Gasteiger partial charge is 0.384 e. The summed E-state index contributed by atoms with van der Waals surface area (Å²) in [4.78, 5) is 12.6. The Kier molecular flexibility index (Phi) is 4.05. The number of aryl methyl sites for hydroxylation is 1. The van der Waals surface area contributed by atoms with Crippen molar-refractivity contribution >= 4 is 11.6 Å². The lowest BCUT2D eigenvalue weighted by Crippen LogP contribution is -2.30. The highest BCUT2D eigenvalue weighted by Crippen LogP contribution is 2.62. The second kappa shape index (κ2) is 5.36. The zero-order valence-electron chi connectivity index (χ0n) is 14.1. The van der Waals surface area contributed by atoms with Gasteiger partial charge in [0.2, 0.25) is 0 Å². The van der Waals surface area contributed by atoms with Crippen molar-refractivity contribution in [2.75, 3.05) is 11.9 Å². The Bertz CT molecular complexity index is 532. The molecule has 2 N–H and O–H groups in total. The van der Waals surface area contributed by atoms with E-state index < -0.39 is 0 Å². The predicted molar refractivity (Wildman–Crippen MR) is 88.8 cm³/mol. The van der Waals surface area contributed by atoms with E-state index in [2.05, 4.69) is 45.3 Å². The van der Waals surface area contributed by atoms with E-state index in [9.17, 15) is 4.79 Å². The van der Waals surface area contributed by atoms with Crippen LogP contribution in [0.3, 0.4) is 0 Å². The standard InChI is InChI=1S/C18H28N2O/c1-7-10-19-14-11-12(2)8-9-13(14)15(21)20-16-17(3,4)18(16,5)6/h8-9,11,16,19H,7,10H2,1-6H3,(H,20,21). The smallest absolute Gasteiger partial charge is 0.253 e. The average Bonchev–Trinajstić information content (AvgIpc) is 2.78. The molecule has 1 aliphatic carbocycles. The van der Waals surface area contributed by atoms with Crippen LogP contribution in [0.15, 0.2) is 18.2 Å². The number of nitrogens with one attached hydrogen (secondary N) is 2. The highest BCUT2D eigenvalue weighted by molar-refractivity contribution is 6.00. The van der Waals surface area contributed by atoms with Crippen LogP contribution in [0.5, 0.6) is 0 Å². The Morgan fingerprint density at radius 2 is 1.81 bits per heavy atom. The van der Waals surface area contributed by atoms with E-state index in [1.54, 1.807) is 0 Å². The Hall–Kier alpha value is -1.51. The molecule has 116 valence electrons. The van der Waals surface area contributed by atoms with Crippen molar-refractivity contribution < 1.29 is 4.79 Å². The van der Waals surface area contributed by atoms with Crippen LogP contribution in [0.4, 0.5) is 5.69 Å². The molecule has 0 spiro atoms. The molecule has 0 heterocycles. The minimum absolute atomic E-state index is 0.0252. The summed E-state index contributed by atoms with van der Waals surface area (Å²) in [6.07, 6.45) is 1.04. The summed E-state index contributed by atoms with van der Waals surface area (Å²) in [6, 6.07) is 6.20. The van der Waals surface area contributed by atoms with E-state index >= 15 is 0 Å². The molecular formula is C18H28N2O. The lowest BCUT2D eigenvalue weighted by Gasteiger charge is -2.13. The lowest BCUT2D eigenvalue weighted by molar-refractivity contribution is 0.0944. The van der Waals surface area contributed by atoms with Gasteiger partial charge in [-0.15, -0.1) is 0 Å². The molecular weight excluding hydrogens is 260 g/mol. The van der Waals surface area contributed by atoms with Crippen LogP contribution in [0, 0.1) is 17.8 Å². The monoisotopic (exact) mass is 288 g/mol. The summed E-state index contributed by atoms with van der Waals surface area (Å²) < 4.78 is 0. The maximum Gasteiger partial charge on any atom is 0.253 e. The summed E-state index contributed by atoms with van der Waals surface area (Å²) in [6.45, 7) is 13.9. The first-order chi connectivity index (χ1) is 9.71. The van der Waals surface area contributed by atoms with Crippen LogP contribution in [0.25, 0.3) is 0 Å². The van der Waals surface area contributed by atoms with Gasteiger partial charge in [-0.25, -0.2) is 0 Å². The molecule has 0 aliphatic heterocycles. The summed E-state index contributed by atoms with van der Waals surface area (Å²) in [7, 11) is 0. The van der Waals surface area contributed by atoms with Crippen molar-refractivity contribution in [3.8, 4) is 0 Å². The van der Waals surface area contributed by atoms with Gasteiger partial charge in [0.1, 0.15) is 0 Å².